The van der Waals surface area contributed by atoms with E-state index < -0.39 is 0 Å². The fraction of sp³-hybridized carbons (Fsp3) is 0.375. The average Bonchev–Trinajstić information content (AvgIpc) is 2.49. The third kappa shape index (κ3) is 6.20. The molecule has 7 heteroatoms. The Hall–Kier alpha value is -2.21. The second kappa shape index (κ2) is 9.05. The van der Waals surface area contributed by atoms with Crippen LogP contribution in [0.15, 0.2) is 18.2 Å². The van der Waals surface area contributed by atoms with Crippen LogP contribution in [0.4, 0.5) is 0 Å². The Morgan fingerprint density at radius 3 is 2.52 bits per heavy atom. The zero-order chi connectivity index (χ0) is 17.4. The fourth-order valence-corrected chi connectivity index (χ4v) is 2.10. The number of benzene rings is 1. The molecule has 0 unspecified atom stereocenters. The Morgan fingerprint density at radius 2 is 1.96 bits per heavy atom. The third-order valence-electron chi connectivity index (χ3n) is 2.76. The minimum Gasteiger partial charge on any atom is -0.493 e. The third-order valence-corrected chi connectivity index (χ3v) is 3.04. The zero-order valence-electron chi connectivity index (χ0n) is 13.6. The van der Waals surface area contributed by atoms with Crippen LogP contribution in [0.3, 0.4) is 0 Å². The molecule has 0 aliphatic carbocycles. The molecule has 0 heterocycles. The summed E-state index contributed by atoms with van der Waals surface area (Å²) in [7, 11) is 3.00. The van der Waals surface area contributed by atoms with E-state index in [4.69, 9.17) is 21.1 Å². The maximum Gasteiger partial charge on any atom is 0.244 e. The molecule has 1 aromatic carbocycles. The number of rotatable bonds is 7. The standard InChI is InChI=1S/C16H21ClN2O4/c1-10(2)19-15(21)9-18-14(20)6-5-11-7-12(17)16(23-4)13(8-11)22-3/h5-8,10H,9H2,1-4H3,(H,18,20)(H,19,21)/b6-5+. The Morgan fingerprint density at radius 1 is 1.26 bits per heavy atom. The molecule has 0 fully saturated rings. The van der Waals surface area contributed by atoms with E-state index in [0.717, 1.165) is 0 Å². The van der Waals surface area contributed by atoms with E-state index in [2.05, 4.69) is 10.6 Å². The fourth-order valence-electron chi connectivity index (χ4n) is 1.81. The molecule has 0 aliphatic rings. The Labute approximate surface area is 140 Å². The van der Waals surface area contributed by atoms with Gasteiger partial charge in [-0.2, -0.15) is 0 Å². The van der Waals surface area contributed by atoms with Gasteiger partial charge in [0.05, 0.1) is 25.8 Å². The Bertz CT molecular complexity index is 600. The summed E-state index contributed by atoms with van der Waals surface area (Å²) < 4.78 is 10.3. The molecule has 2 N–H and O–H groups in total. The highest BCUT2D eigenvalue weighted by Gasteiger charge is 2.10. The van der Waals surface area contributed by atoms with Crippen molar-refractivity contribution in [1.82, 2.24) is 10.6 Å². The molecular weight excluding hydrogens is 320 g/mol. The zero-order valence-corrected chi connectivity index (χ0v) is 14.4. The molecule has 1 rings (SSSR count). The van der Waals surface area contributed by atoms with Crippen LogP contribution in [0.5, 0.6) is 11.5 Å². The number of amides is 2. The lowest BCUT2D eigenvalue weighted by Gasteiger charge is -2.10. The maximum absolute atomic E-state index is 11.7. The topological polar surface area (TPSA) is 76.7 Å². The Balaban J connectivity index is 2.68. The smallest absolute Gasteiger partial charge is 0.244 e. The quantitative estimate of drug-likeness (QED) is 0.744. The molecular formula is C16H21ClN2O4. The van der Waals surface area contributed by atoms with Crippen molar-refractivity contribution < 1.29 is 19.1 Å². The second-order valence-electron chi connectivity index (χ2n) is 5.01. The van der Waals surface area contributed by atoms with Gasteiger partial charge < -0.3 is 20.1 Å². The van der Waals surface area contributed by atoms with E-state index in [-0.39, 0.29) is 24.4 Å². The number of methoxy groups -OCH3 is 2. The number of nitrogens with one attached hydrogen (secondary N) is 2. The van der Waals surface area contributed by atoms with Crippen molar-refractivity contribution in [2.45, 2.75) is 19.9 Å². The summed E-state index contributed by atoms with van der Waals surface area (Å²) in [4.78, 5) is 23.1. The summed E-state index contributed by atoms with van der Waals surface area (Å²) in [5, 5.41) is 5.56. The SMILES string of the molecule is COc1cc(/C=C/C(=O)NCC(=O)NC(C)C)cc(Cl)c1OC. The number of carbonyl (C=O) groups excluding carboxylic acids is 2. The van der Waals surface area contributed by atoms with Crippen molar-refractivity contribution >= 4 is 29.5 Å². The van der Waals surface area contributed by atoms with Crippen LogP contribution >= 0.6 is 11.6 Å². The van der Waals surface area contributed by atoms with Crippen LogP contribution in [0.2, 0.25) is 5.02 Å². The minimum absolute atomic E-state index is 0.0313. The molecule has 1 aromatic rings. The normalized spacial score (nSPS) is 10.7. The number of hydrogen-bond donors (Lipinski definition) is 2. The summed E-state index contributed by atoms with van der Waals surface area (Å²) in [6, 6.07) is 3.38. The first-order valence-corrected chi connectivity index (χ1v) is 7.42. The van der Waals surface area contributed by atoms with Crippen LogP contribution < -0.4 is 20.1 Å². The van der Waals surface area contributed by atoms with E-state index >= 15 is 0 Å². The molecule has 0 saturated carbocycles. The highest BCUT2D eigenvalue weighted by molar-refractivity contribution is 6.32. The van der Waals surface area contributed by atoms with Crippen LogP contribution in [-0.4, -0.2) is 38.6 Å². The van der Waals surface area contributed by atoms with E-state index in [1.165, 1.54) is 20.3 Å². The molecule has 6 nitrogen and oxygen atoms in total. The number of halogens is 1. The van der Waals surface area contributed by atoms with Crippen LogP contribution in [-0.2, 0) is 9.59 Å². The summed E-state index contributed by atoms with van der Waals surface area (Å²) in [5.41, 5.74) is 0.675. The van der Waals surface area contributed by atoms with Crippen molar-refractivity contribution in [3.8, 4) is 11.5 Å². The van der Waals surface area contributed by atoms with Gasteiger partial charge in [-0.05, 0) is 37.6 Å². The second-order valence-corrected chi connectivity index (χ2v) is 5.42. The van der Waals surface area contributed by atoms with Crippen molar-refractivity contribution in [3.63, 3.8) is 0 Å². The molecule has 0 aliphatic heterocycles. The molecule has 0 bridgehead atoms. The van der Waals surface area contributed by atoms with Gasteiger partial charge in [0, 0.05) is 12.1 Å². The predicted molar refractivity (Wildman–Crippen MR) is 89.9 cm³/mol. The highest BCUT2D eigenvalue weighted by atomic mass is 35.5. The largest absolute Gasteiger partial charge is 0.493 e. The lowest BCUT2D eigenvalue weighted by molar-refractivity contribution is -0.124. The van der Waals surface area contributed by atoms with Gasteiger partial charge in [0.25, 0.3) is 0 Å². The van der Waals surface area contributed by atoms with Crippen molar-refractivity contribution in [1.29, 1.82) is 0 Å². The van der Waals surface area contributed by atoms with E-state index in [1.54, 1.807) is 18.2 Å². The van der Waals surface area contributed by atoms with Gasteiger partial charge in [0.2, 0.25) is 11.8 Å². The van der Waals surface area contributed by atoms with E-state index in [1.807, 2.05) is 13.8 Å². The predicted octanol–water partition coefficient (Wildman–Crippen LogP) is 2.01. The average molecular weight is 341 g/mol. The highest BCUT2D eigenvalue weighted by Crippen LogP contribution is 2.36. The molecule has 2 amide bonds. The van der Waals surface area contributed by atoms with Gasteiger partial charge in [-0.3, -0.25) is 9.59 Å². The van der Waals surface area contributed by atoms with Gasteiger partial charge in [-0.25, -0.2) is 0 Å². The molecule has 0 aromatic heterocycles. The Kier molecular flexibility index (Phi) is 7.41. The molecule has 126 valence electrons. The summed E-state index contributed by atoms with van der Waals surface area (Å²) in [5.74, 6) is 0.281. The van der Waals surface area contributed by atoms with Gasteiger partial charge in [0.15, 0.2) is 11.5 Å². The van der Waals surface area contributed by atoms with Crippen LogP contribution in [0, 0.1) is 0 Å². The van der Waals surface area contributed by atoms with Crippen LogP contribution in [0.1, 0.15) is 19.4 Å². The van der Waals surface area contributed by atoms with Gasteiger partial charge in [-0.15, -0.1) is 0 Å². The van der Waals surface area contributed by atoms with Gasteiger partial charge in [-0.1, -0.05) is 11.6 Å². The molecule has 0 radical (unpaired) electrons. The van der Waals surface area contributed by atoms with Crippen molar-refractivity contribution in [2.24, 2.45) is 0 Å². The lowest BCUT2D eigenvalue weighted by Crippen LogP contribution is -2.39. The van der Waals surface area contributed by atoms with E-state index in [0.29, 0.717) is 22.1 Å². The number of carbonyl (C=O) groups is 2. The van der Waals surface area contributed by atoms with Gasteiger partial charge in [0.1, 0.15) is 0 Å². The van der Waals surface area contributed by atoms with Crippen LogP contribution in [0.25, 0.3) is 6.08 Å². The molecule has 0 atom stereocenters. The first-order valence-electron chi connectivity index (χ1n) is 7.04. The van der Waals surface area contributed by atoms with Crippen molar-refractivity contribution in [2.75, 3.05) is 20.8 Å². The first-order chi connectivity index (χ1) is 10.9. The van der Waals surface area contributed by atoms with Gasteiger partial charge >= 0.3 is 0 Å². The lowest BCUT2D eigenvalue weighted by atomic mass is 10.2. The van der Waals surface area contributed by atoms with Crippen molar-refractivity contribution in [3.05, 3.63) is 28.8 Å². The molecule has 23 heavy (non-hydrogen) atoms. The van der Waals surface area contributed by atoms with E-state index in [9.17, 15) is 9.59 Å². The first kappa shape index (κ1) is 18.8. The number of hydrogen-bond acceptors (Lipinski definition) is 4. The maximum atomic E-state index is 11.7. The number of ether oxygens (including phenoxy) is 2. The summed E-state index contributed by atoms with van der Waals surface area (Å²) in [6.07, 6.45) is 2.89. The minimum atomic E-state index is -0.380. The molecule has 0 saturated heterocycles. The monoisotopic (exact) mass is 340 g/mol. The summed E-state index contributed by atoms with van der Waals surface area (Å²) >= 11 is 6.09. The summed E-state index contributed by atoms with van der Waals surface area (Å²) in [6.45, 7) is 3.62. The molecule has 0 spiro atoms.